The van der Waals surface area contributed by atoms with Crippen LogP contribution in [0.4, 0.5) is 18.0 Å². The predicted molar refractivity (Wildman–Crippen MR) is 123 cm³/mol. The van der Waals surface area contributed by atoms with Crippen molar-refractivity contribution in [3.05, 3.63) is 59.7 Å². The molecule has 2 aromatic carbocycles. The lowest BCUT2D eigenvalue weighted by Gasteiger charge is -2.27. The average Bonchev–Trinajstić information content (AvgIpc) is 3.52. The number of urea groups is 1. The topological polar surface area (TPSA) is 55.9 Å². The number of nitrogens with zero attached hydrogens (tertiary/aromatic N) is 3. The summed E-state index contributed by atoms with van der Waals surface area (Å²) in [5, 5.41) is 3.21. The van der Waals surface area contributed by atoms with Gasteiger partial charge in [0.1, 0.15) is 0 Å². The number of benzene rings is 2. The Bertz CT molecular complexity index is 1020. The SMILES string of the molecule is CN[C@@H]1CCN(C(=O)N2CC[C@@H](N(C)C(=O)c3ccc(-c4ccc(C(F)(F)F)cc4)cc3)C2)C1. The summed E-state index contributed by atoms with van der Waals surface area (Å²) >= 11 is 0. The molecule has 9 heteroatoms. The Kier molecular flexibility index (Phi) is 6.84. The van der Waals surface area contributed by atoms with Gasteiger partial charge in [-0.2, -0.15) is 13.2 Å². The highest BCUT2D eigenvalue weighted by atomic mass is 19.4. The number of halogens is 3. The summed E-state index contributed by atoms with van der Waals surface area (Å²) in [5.74, 6) is -0.144. The molecular weight excluding hydrogens is 445 g/mol. The Morgan fingerprint density at radius 3 is 2.03 bits per heavy atom. The summed E-state index contributed by atoms with van der Waals surface area (Å²) in [6.07, 6.45) is -2.70. The molecule has 0 unspecified atom stereocenters. The number of carbonyl (C=O) groups excluding carboxylic acids is 2. The van der Waals surface area contributed by atoms with Crippen molar-refractivity contribution in [2.75, 3.05) is 40.3 Å². The molecule has 34 heavy (non-hydrogen) atoms. The quantitative estimate of drug-likeness (QED) is 0.731. The zero-order valence-electron chi connectivity index (χ0n) is 19.3. The summed E-state index contributed by atoms with van der Waals surface area (Å²) in [6, 6.07) is 12.1. The fourth-order valence-electron chi connectivity index (χ4n) is 4.63. The fourth-order valence-corrected chi connectivity index (χ4v) is 4.63. The van der Waals surface area contributed by atoms with Gasteiger partial charge in [0.25, 0.3) is 5.91 Å². The first-order valence-corrected chi connectivity index (χ1v) is 11.4. The Morgan fingerprint density at radius 1 is 0.912 bits per heavy atom. The maximum absolute atomic E-state index is 13.0. The number of likely N-dealkylation sites (N-methyl/N-ethyl adjacent to an activating group) is 2. The molecule has 0 aromatic heterocycles. The van der Waals surface area contributed by atoms with E-state index < -0.39 is 11.7 Å². The molecular formula is C25H29F3N4O2. The Hall–Kier alpha value is -3.07. The number of carbonyl (C=O) groups is 2. The molecule has 6 nitrogen and oxygen atoms in total. The van der Waals surface area contributed by atoms with Crippen LogP contribution in [0.5, 0.6) is 0 Å². The van der Waals surface area contributed by atoms with Crippen molar-refractivity contribution in [2.24, 2.45) is 0 Å². The third-order valence-electron chi connectivity index (χ3n) is 6.85. The van der Waals surface area contributed by atoms with E-state index >= 15 is 0 Å². The number of rotatable bonds is 4. The van der Waals surface area contributed by atoms with Crippen LogP contribution in [0.1, 0.15) is 28.8 Å². The van der Waals surface area contributed by atoms with Gasteiger partial charge in [0.05, 0.1) is 11.6 Å². The lowest BCUT2D eigenvalue weighted by molar-refractivity contribution is -0.137. The van der Waals surface area contributed by atoms with E-state index in [1.165, 1.54) is 12.1 Å². The third kappa shape index (κ3) is 5.04. The predicted octanol–water partition coefficient (Wildman–Crippen LogP) is 3.93. The molecule has 2 saturated heterocycles. The fraction of sp³-hybridized carbons (Fsp3) is 0.440. The van der Waals surface area contributed by atoms with E-state index in [-0.39, 0.29) is 18.0 Å². The lowest BCUT2D eigenvalue weighted by Crippen LogP contribution is -2.44. The van der Waals surface area contributed by atoms with E-state index in [1.54, 1.807) is 36.2 Å². The molecule has 0 radical (unpaired) electrons. The summed E-state index contributed by atoms with van der Waals surface area (Å²) in [6.45, 7) is 2.57. The van der Waals surface area contributed by atoms with Crippen molar-refractivity contribution in [1.29, 1.82) is 0 Å². The maximum Gasteiger partial charge on any atom is 0.416 e. The van der Waals surface area contributed by atoms with Gasteiger partial charge < -0.3 is 20.0 Å². The molecule has 2 aliphatic rings. The first-order chi connectivity index (χ1) is 16.2. The molecule has 0 bridgehead atoms. The Balaban J connectivity index is 1.36. The van der Waals surface area contributed by atoms with Crippen molar-refractivity contribution in [1.82, 2.24) is 20.0 Å². The van der Waals surface area contributed by atoms with Gasteiger partial charge >= 0.3 is 12.2 Å². The number of nitrogens with one attached hydrogen (secondary N) is 1. The van der Waals surface area contributed by atoms with Crippen molar-refractivity contribution in [3.8, 4) is 11.1 Å². The van der Waals surface area contributed by atoms with Gasteiger partial charge in [-0.25, -0.2) is 4.79 Å². The molecule has 2 aromatic rings. The highest BCUT2D eigenvalue weighted by Crippen LogP contribution is 2.31. The van der Waals surface area contributed by atoms with Crippen molar-refractivity contribution >= 4 is 11.9 Å². The molecule has 182 valence electrons. The summed E-state index contributed by atoms with van der Waals surface area (Å²) in [5.41, 5.74) is 1.18. The largest absolute Gasteiger partial charge is 0.416 e. The van der Waals surface area contributed by atoms with Gasteiger partial charge in [-0.05, 0) is 55.3 Å². The molecule has 0 aliphatic carbocycles. The van der Waals surface area contributed by atoms with Gasteiger partial charge in [-0.1, -0.05) is 24.3 Å². The zero-order chi connectivity index (χ0) is 24.5. The molecule has 2 aliphatic heterocycles. The number of likely N-dealkylation sites (tertiary alicyclic amines) is 2. The molecule has 2 fully saturated rings. The van der Waals surface area contributed by atoms with E-state index in [0.29, 0.717) is 36.8 Å². The standard InChI is InChI=1S/C25H29F3N4O2/c1-29-21-11-13-31(15-21)24(34)32-14-12-22(16-32)30(2)23(33)19-5-3-17(4-6-19)18-7-9-20(10-8-18)25(26,27)28/h3-10,21-22,29H,11-16H2,1-2H3/t21-,22-/m1/s1. The highest BCUT2D eigenvalue weighted by Gasteiger charge is 2.35. The van der Waals surface area contributed by atoms with E-state index in [2.05, 4.69) is 5.32 Å². The highest BCUT2D eigenvalue weighted by molar-refractivity contribution is 5.95. The van der Waals surface area contributed by atoms with Crippen LogP contribution in [-0.4, -0.2) is 79.0 Å². The van der Waals surface area contributed by atoms with Crippen molar-refractivity contribution in [3.63, 3.8) is 0 Å². The average molecular weight is 475 g/mol. The van der Waals surface area contributed by atoms with Crippen LogP contribution in [0.15, 0.2) is 48.5 Å². The zero-order valence-corrected chi connectivity index (χ0v) is 19.3. The van der Waals surface area contributed by atoms with E-state index in [9.17, 15) is 22.8 Å². The minimum absolute atomic E-state index is 0.0296. The Morgan fingerprint density at radius 2 is 1.47 bits per heavy atom. The molecule has 3 amide bonds. The number of hydrogen-bond donors (Lipinski definition) is 1. The van der Waals surface area contributed by atoms with Crippen LogP contribution in [0, 0.1) is 0 Å². The molecule has 0 spiro atoms. The van der Waals surface area contributed by atoms with E-state index in [4.69, 9.17) is 0 Å². The minimum atomic E-state index is -4.37. The number of hydrogen-bond acceptors (Lipinski definition) is 3. The van der Waals surface area contributed by atoms with Gasteiger partial charge in [0.2, 0.25) is 0 Å². The smallest absolute Gasteiger partial charge is 0.337 e. The van der Waals surface area contributed by atoms with E-state index in [0.717, 1.165) is 37.1 Å². The molecule has 2 atom stereocenters. The monoisotopic (exact) mass is 474 g/mol. The van der Waals surface area contributed by atoms with Crippen LogP contribution in [0.2, 0.25) is 0 Å². The molecule has 4 rings (SSSR count). The van der Waals surface area contributed by atoms with Crippen LogP contribution in [0.25, 0.3) is 11.1 Å². The lowest BCUT2D eigenvalue weighted by atomic mass is 10.0. The minimum Gasteiger partial charge on any atom is -0.337 e. The van der Waals surface area contributed by atoms with Gasteiger partial charge in [0.15, 0.2) is 0 Å². The second kappa shape index (κ2) is 9.66. The Labute approximate surface area is 197 Å². The summed E-state index contributed by atoms with van der Waals surface area (Å²) in [4.78, 5) is 31.2. The normalized spacial score (nSPS) is 20.6. The second-order valence-electron chi connectivity index (χ2n) is 8.96. The van der Waals surface area contributed by atoms with Crippen LogP contribution in [-0.2, 0) is 6.18 Å². The molecule has 1 N–H and O–H groups in total. The first-order valence-electron chi connectivity index (χ1n) is 11.4. The van der Waals surface area contributed by atoms with Gasteiger partial charge in [-0.15, -0.1) is 0 Å². The summed E-state index contributed by atoms with van der Waals surface area (Å²) in [7, 11) is 3.65. The van der Waals surface area contributed by atoms with Crippen LogP contribution < -0.4 is 5.32 Å². The van der Waals surface area contributed by atoms with Crippen LogP contribution >= 0.6 is 0 Å². The van der Waals surface area contributed by atoms with Crippen molar-refractivity contribution in [2.45, 2.75) is 31.1 Å². The molecule has 0 saturated carbocycles. The third-order valence-corrected chi connectivity index (χ3v) is 6.85. The number of amides is 3. The first kappa shape index (κ1) is 24.1. The van der Waals surface area contributed by atoms with Crippen LogP contribution in [0.3, 0.4) is 0 Å². The van der Waals surface area contributed by atoms with Gasteiger partial charge in [-0.3, -0.25) is 4.79 Å². The summed E-state index contributed by atoms with van der Waals surface area (Å²) < 4.78 is 38.3. The van der Waals surface area contributed by atoms with Crippen molar-refractivity contribution < 1.29 is 22.8 Å². The maximum atomic E-state index is 13.0. The number of alkyl halides is 3. The second-order valence-corrected chi connectivity index (χ2v) is 8.96. The van der Waals surface area contributed by atoms with E-state index in [1.807, 2.05) is 16.8 Å². The molecule has 2 heterocycles. The van der Waals surface area contributed by atoms with Gasteiger partial charge in [0, 0.05) is 44.8 Å².